The van der Waals surface area contributed by atoms with E-state index in [1.165, 1.54) is 12.1 Å². The van der Waals surface area contributed by atoms with Gasteiger partial charge in [0.1, 0.15) is 17.2 Å². The van der Waals surface area contributed by atoms with E-state index < -0.39 is 0 Å². The number of benzene rings is 2. The van der Waals surface area contributed by atoms with Gasteiger partial charge < -0.3 is 9.73 Å². The first-order valence-electron chi connectivity index (χ1n) is 11.8. The van der Waals surface area contributed by atoms with Crippen molar-refractivity contribution in [1.29, 1.82) is 0 Å². The van der Waals surface area contributed by atoms with Crippen LogP contribution in [0.4, 0.5) is 10.1 Å². The van der Waals surface area contributed by atoms with E-state index in [-0.39, 0.29) is 23.1 Å². The van der Waals surface area contributed by atoms with Crippen molar-refractivity contribution < 1.29 is 13.6 Å². The largest absolute Gasteiger partial charge is 0.455 e. The first-order chi connectivity index (χ1) is 17.3. The molecule has 5 nitrogen and oxygen atoms in total. The number of nitrogens with zero attached hydrogens (tertiary/aromatic N) is 1. The topological polar surface area (TPSA) is 72.2 Å². The first kappa shape index (κ1) is 23.4. The van der Waals surface area contributed by atoms with Crippen molar-refractivity contribution in [2.24, 2.45) is 0 Å². The van der Waals surface area contributed by atoms with Crippen LogP contribution in [-0.2, 0) is 4.79 Å². The number of ketones is 1. The number of halogens is 1. The number of rotatable bonds is 5. The molecule has 1 atom stereocenters. The highest BCUT2D eigenvalue weighted by molar-refractivity contribution is 6.02. The fraction of sp³-hybridized carbons (Fsp3) is 0.167. The predicted octanol–water partition coefficient (Wildman–Crippen LogP) is 6.70. The molecule has 6 heteroatoms. The third kappa shape index (κ3) is 4.26. The Morgan fingerprint density at radius 1 is 1.08 bits per heavy atom. The molecule has 36 heavy (non-hydrogen) atoms. The number of hydrogen-bond acceptors (Lipinski definition) is 5. The molecule has 1 aliphatic carbocycles. The summed E-state index contributed by atoms with van der Waals surface area (Å²) in [4.78, 5) is 29.8. The lowest BCUT2D eigenvalue weighted by Crippen LogP contribution is -2.14. The summed E-state index contributed by atoms with van der Waals surface area (Å²) in [5.41, 5.74) is 4.60. The Hall–Kier alpha value is -4.32. The van der Waals surface area contributed by atoms with Crippen LogP contribution in [0.25, 0.3) is 27.8 Å². The van der Waals surface area contributed by atoms with E-state index in [0.29, 0.717) is 51.2 Å². The zero-order valence-corrected chi connectivity index (χ0v) is 20.3. The van der Waals surface area contributed by atoms with Gasteiger partial charge in [0, 0.05) is 34.9 Å². The minimum absolute atomic E-state index is 0.0361. The van der Waals surface area contributed by atoms with Crippen LogP contribution in [0.5, 0.6) is 0 Å². The van der Waals surface area contributed by atoms with Crippen LogP contribution in [-0.4, -0.2) is 10.8 Å². The molecule has 5 rings (SSSR count). The lowest BCUT2D eigenvalue weighted by molar-refractivity contribution is -0.113. The number of allylic oxidation sites excluding steroid dienone is 4. The Balaban J connectivity index is 1.63. The van der Waals surface area contributed by atoms with Crippen LogP contribution in [0.3, 0.4) is 0 Å². The van der Waals surface area contributed by atoms with Crippen LogP contribution in [0, 0.1) is 19.7 Å². The fourth-order valence-electron chi connectivity index (χ4n) is 4.59. The summed E-state index contributed by atoms with van der Waals surface area (Å²) < 4.78 is 20.9. The van der Waals surface area contributed by atoms with Gasteiger partial charge in [-0.3, -0.25) is 14.6 Å². The Bertz CT molecular complexity index is 1630. The summed E-state index contributed by atoms with van der Waals surface area (Å²) in [5.74, 6) is -0.00373. The molecular weight excluding hydrogens is 455 g/mol. The molecule has 0 amide bonds. The lowest BCUT2D eigenvalue weighted by atomic mass is 9.97. The molecule has 2 aromatic carbocycles. The van der Waals surface area contributed by atoms with Crippen molar-refractivity contribution in [3.8, 4) is 11.3 Å². The molecule has 0 spiro atoms. The molecule has 0 saturated carbocycles. The molecule has 0 saturated heterocycles. The van der Waals surface area contributed by atoms with Crippen LogP contribution in [0.2, 0.25) is 0 Å². The van der Waals surface area contributed by atoms with E-state index in [0.717, 1.165) is 11.1 Å². The average molecular weight is 481 g/mol. The Morgan fingerprint density at radius 3 is 2.67 bits per heavy atom. The smallest absolute Gasteiger partial charge is 0.196 e. The van der Waals surface area contributed by atoms with Crippen molar-refractivity contribution in [3.05, 3.63) is 111 Å². The van der Waals surface area contributed by atoms with Gasteiger partial charge in [-0.2, -0.15) is 0 Å². The molecule has 180 valence electrons. The second-order valence-electron chi connectivity index (χ2n) is 9.03. The number of carbonyl (C=O) groups is 1. The van der Waals surface area contributed by atoms with E-state index in [4.69, 9.17) is 4.42 Å². The van der Waals surface area contributed by atoms with Crippen LogP contribution >= 0.6 is 0 Å². The molecular formula is C30H25FN2O3. The highest BCUT2D eigenvalue weighted by atomic mass is 19.1. The quantitative estimate of drug-likeness (QED) is 0.344. The van der Waals surface area contributed by atoms with Gasteiger partial charge >= 0.3 is 0 Å². The minimum atomic E-state index is -0.359. The molecule has 2 heterocycles. The summed E-state index contributed by atoms with van der Waals surface area (Å²) in [7, 11) is 0. The van der Waals surface area contributed by atoms with Crippen molar-refractivity contribution in [2.45, 2.75) is 33.2 Å². The third-order valence-corrected chi connectivity index (χ3v) is 6.36. The second-order valence-corrected chi connectivity index (χ2v) is 9.03. The monoisotopic (exact) mass is 480 g/mol. The number of anilines is 1. The normalized spacial score (nSPS) is 14.1. The first-order valence-corrected chi connectivity index (χ1v) is 11.8. The van der Waals surface area contributed by atoms with Crippen LogP contribution < -0.4 is 10.7 Å². The summed E-state index contributed by atoms with van der Waals surface area (Å²) in [5, 5.41) is 3.92. The maximum atomic E-state index is 14.6. The van der Waals surface area contributed by atoms with E-state index in [1.807, 2.05) is 38.1 Å². The van der Waals surface area contributed by atoms with Gasteiger partial charge in [0.05, 0.1) is 22.8 Å². The van der Waals surface area contributed by atoms with Gasteiger partial charge in [-0.25, -0.2) is 4.39 Å². The molecule has 1 aliphatic rings. The summed E-state index contributed by atoms with van der Waals surface area (Å²) in [6.45, 7) is 5.60. The van der Waals surface area contributed by atoms with E-state index in [2.05, 4.69) is 10.3 Å². The molecule has 2 aromatic heterocycles. The summed E-state index contributed by atoms with van der Waals surface area (Å²) in [6.07, 6.45) is 7.06. The molecule has 0 bridgehead atoms. The summed E-state index contributed by atoms with van der Waals surface area (Å²) in [6, 6.07) is 13.6. The Kier molecular flexibility index (Phi) is 6.10. The number of carbonyl (C=O) groups excluding carboxylic acids is 1. The molecule has 0 unspecified atom stereocenters. The molecule has 0 radical (unpaired) electrons. The average Bonchev–Trinajstić information content (AvgIpc) is 2.87. The van der Waals surface area contributed by atoms with Gasteiger partial charge in [0.25, 0.3) is 0 Å². The maximum absolute atomic E-state index is 14.6. The van der Waals surface area contributed by atoms with E-state index >= 15 is 0 Å². The SMILES string of the molecule is Cc1cc([C@@H](C)Nc2cccnc2-c2ccccc2F)c2oc(C3=CC(=O)CC=C3)c(C)c(=O)c2c1. The van der Waals surface area contributed by atoms with Crippen molar-refractivity contribution >= 4 is 28.0 Å². The number of aromatic nitrogens is 1. The maximum Gasteiger partial charge on any atom is 0.196 e. The highest BCUT2D eigenvalue weighted by Gasteiger charge is 2.21. The van der Waals surface area contributed by atoms with Crippen molar-refractivity contribution in [2.75, 3.05) is 5.32 Å². The van der Waals surface area contributed by atoms with Gasteiger partial charge in [-0.1, -0.05) is 30.4 Å². The number of nitrogens with one attached hydrogen (secondary N) is 1. The predicted molar refractivity (Wildman–Crippen MR) is 140 cm³/mol. The standard InChI is InChI=1S/C30H25FN2O3/c1-17-14-23(19(3)33-26-12-7-13-32-27(26)22-10-4-5-11-25(22)31)30-24(15-17)28(35)18(2)29(36-30)20-8-6-9-21(34)16-20/h4-8,10-16,19,33H,9H2,1-3H3/t19-/m1/s1. The zero-order chi connectivity index (χ0) is 25.4. The molecule has 4 aromatic rings. The number of aryl methyl sites for hydroxylation is 1. The van der Waals surface area contributed by atoms with Gasteiger partial charge in [-0.15, -0.1) is 0 Å². The number of fused-ring (bicyclic) bond motifs is 1. The minimum Gasteiger partial charge on any atom is -0.455 e. The zero-order valence-electron chi connectivity index (χ0n) is 20.3. The van der Waals surface area contributed by atoms with Crippen LogP contribution in [0.15, 0.2) is 82.2 Å². The highest BCUT2D eigenvalue weighted by Crippen LogP contribution is 2.34. The molecule has 0 fully saturated rings. The van der Waals surface area contributed by atoms with Crippen molar-refractivity contribution in [3.63, 3.8) is 0 Å². The van der Waals surface area contributed by atoms with Gasteiger partial charge in [-0.05, 0) is 62.7 Å². The molecule has 1 N–H and O–H groups in total. The number of pyridine rings is 1. The lowest BCUT2D eigenvalue weighted by Gasteiger charge is -2.20. The summed E-state index contributed by atoms with van der Waals surface area (Å²) >= 11 is 0. The van der Waals surface area contributed by atoms with Gasteiger partial charge in [0.2, 0.25) is 0 Å². The fourth-order valence-corrected chi connectivity index (χ4v) is 4.59. The third-order valence-electron chi connectivity index (χ3n) is 6.36. The van der Waals surface area contributed by atoms with Crippen LogP contribution in [0.1, 0.15) is 41.8 Å². The number of hydrogen-bond donors (Lipinski definition) is 1. The Morgan fingerprint density at radius 2 is 1.89 bits per heavy atom. The second kappa shape index (κ2) is 9.38. The van der Waals surface area contributed by atoms with Gasteiger partial charge in [0.15, 0.2) is 11.2 Å². The van der Waals surface area contributed by atoms with Crippen molar-refractivity contribution in [1.82, 2.24) is 4.98 Å². The molecule has 0 aliphatic heterocycles. The van der Waals surface area contributed by atoms with E-state index in [1.54, 1.807) is 43.5 Å². The van der Waals surface area contributed by atoms with E-state index in [9.17, 15) is 14.0 Å². The Labute approximate surface area is 208 Å².